The fourth-order valence-corrected chi connectivity index (χ4v) is 1.69. The maximum Gasteiger partial charge on any atom is 0.337 e. The minimum Gasteiger partial charge on any atom is -0.480 e. The molecule has 0 bridgehead atoms. The van der Waals surface area contributed by atoms with E-state index in [0.717, 1.165) is 0 Å². The molecule has 1 rings (SSSR count). The summed E-state index contributed by atoms with van der Waals surface area (Å²) in [6.45, 7) is -1.91. The normalized spacial score (nSPS) is 10.4. The van der Waals surface area contributed by atoms with Gasteiger partial charge in [-0.25, -0.2) is 28.1 Å². The van der Waals surface area contributed by atoms with Crippen molar-refractivity contribution < 1.29 is 19.8 Å². The zero-order valence-electron chi connectivity index (χ0n) is 9.48. The number of carbonyl (C=O) groups is 2. The fourth-order valence-electron chi connectivity index (χ4n) is 1.38. The van der Waals surface area contributed by atoms with Gasteiger partial charge in [0.25, 0.3) is 0 Å². The summed E-state index contributed by atoms with van der Waals surface area (Å²) in [5.74, 6) is -2.93. The Bertz CT molecular complexity index is 644. The Morgan fingerprint density at radius 3 is 1.42 bits per heavy atom. The highest BCUT2D eigenvalue weighted by Crippen LogP contribution is 1.84. The van der Waals surface area contributed by atoms with E-state index in [1.807, 2.05) is 0 Å². The third-order valence-corrected chi connectivity index (χ3v) is 2.52. The average Bonchev–Trinajstić information content (AvgIpc) is 2.30. The first-order valence-electron chi connectivity index (χ1n) is 4.87. The van der Waals surface area contributed by atoms with E-state index in [9.17, 15) is 24.0 Å². The van der Waals surface area contributed by atoms with Crippen LogP contribution < -0.4 is 17.1 Å². The highest BCUT2D eigenvalue weighted by Gasteiger charge is 2.17. The zero-order chi connectivity index (χ0) is 14.7. The quantitative estimate of drug-likeness (QED) is 0.557. The van der Waals surface area contributed by atoms with Crippen LogP contribution in [0, 0.1) is 0 Å². The number of hydrogen-bond donors (Lipinski definition) is 2. The van der Waals surface area contributed by atoms with Crippen molar-refractivity contribution in [3.63, 3.8) is 0 Å². The van der Waals surface area contributed by atoms with Crippen LogP contribution in [0.5, 0.6) is 0 Å². The first-order chi connectivity index (χ1) is 8.79. The second-order valence-electron chi connectivity index (χ2n) is 3.42. The van der Waals surface area contributed by atoms with Gasteiger partial charge < -0.3 is 10.2 Å². The first kappa shape index (κ1) is 14.8. The van der Waals surface area contributed by atoms with Gasteiger partial charge in [0.15, 0.2) is 0 Å². The molecule has 0 radical (unpaired) electrons. The summed E-state index contributed by atoms with van der Waals surface area (Å²) >= 11 is 0. The molecule has 1 aromatic rings. The lowest BCUT2D eigenvalue weighted by molar-refractivity contribution is -0.138. The molecule has 11 heteroatoms. The highest BCUT2D eigenvalue weighted by atomic mass is 31.0. The van der Waals surface area contributed by atoms with Crippen LogP contribution in [0.15, 0.2) is 14.4 Å². The van der Waals surface area contributed by atoms with Crippen LogP contribution in [0.25, 0.3) is 0 Å². The van der Waals surface area contributed by atoms with Crippen molar-refractivity contribution >= 4 is 21.2 Å². The highest BCUT2D eigenvalue weighted by molar-refractivity contribution is 7.15. The first-order valence-corrected chi connectivity index (χ1v) is 5.69. The second kappa shape index (κ2) is 5.61. The maximum atomic E-state index is 11.7. The van der Waals surface area contributed by atoms with Gasteiger partial charge in [0.1, 0.15) is 13.1 Å². The summed E-state index contributed by atoms with van der Waals surface area (Å²) in [6.07, 6.45) is -0.197. The predicted octanol–water partition coefficient (Wildman–Crippen LogP) is -2.83. The zero-order valence-corrected chi connectivity index (χ0v) is 10.6. The molecule has 1 atom stereocenters. The molecular formula is C8H10N3O7P. The molecule has 1 aromatic heterocycles. The summed E-state index contributed by atoms with van der Waals surface area (Å²) in [5.41, 5.74) is -3.47. The van der Waals surface area contributed by atoms with Gasteiger partial charge in [-0.1, -0.05) is 0 Å². The van der Waals surface area contributed by atoms with E-state index in [1.54, 1.807) is 0 Å². The molecule has 1 heterocycles. The van der Waals surface area contributed by atoms with Gasteiger partial charge >= 0.3 is 29.0 Å². The molecule has 0 amide bonds. The molecule has 19 heavy (non-hydrogen) atoms. The molecule has 0 spiro atoms. The minimum absolute atomic E-state index is 0.197. The summed E-state index contributed by atoms with van der Waals surface area (Å²) in [4.78, 5) is 56.3. The van der Waals surface area contributed by atoms with Crippen molar-refractivity contribution in [3.05, 3.63) is 31.5 Å². The monoisotopic (exact) mass is 291 g/mol. The van der Waals surface area contributed by atoms with Gasteiger partial charge in [-0.05, 0) is 0 Å². The summed E-state index contributed by atoms with van der Waals surface area (Å²) in [6, 6.07) is 0. The summed E-state index contributed by atoms with van der Waals surface area (Å²) < 4.78 is 1.13. The largest absolute Gasteiger partial charge is 0.480 e. The van der Waals surface area contributed by atoms with Crippen LogP contribution in [-0.2, 0) is 29.0 Å². The van der Waals surface area contributed by atoms with Crippen molar-refractivity contribution in [2.75, 3.05) is 0 Å². The van der Waals surface area contributed by atoms with Gasteiger partial charge in [0.2, 0.25) is 0 Å². The molecule has 0 fully saturated rings. The molecule has 0 aliphatic heterocycles. The van der Waals surface area contributed by atoms with Gasteiger partial charge in [-0.15, -0.1) is 9.24 Å². The summed E-state index contributed by atoms with van der Waals surface area (Å²) in [7, 11) is 2.05. The minimum atomic E-state index is -1.46. The topological polar surface area (TPSA) is 141 Å². The lowest BCUT2D eigenvalue weighted by atomic mass is 10.6. The Morgan fingerprint density at radius 1 is 0.842 bits per heavy atom. The number of carboxylic acids is 2. The van der Waals surface area contributed by atoms with Crippen molar-refractivity contribution in [2.24, 2.45) is 0 Å². The third kappa shape index (κ3) is 2.97. The Labute approximate surface area is 106 Å². The van der Waals surface area contributed by atoms with Gasteiger partial charge in [-0.3, -0.25) is 9.59 Å². The molecule has 0 saturated heterocycles. The van der Waals surface area contributed by atoms with E-state index < -0.39 is 42.1 Å². The van der Waals surface area contributed by atoms with Crippen molar-refractivity contribution in [1.82, 2.24) is 13.7 Å². The number of rotatable bonds is 5. The van der Waals surface area contributed by atoms with E-state index in [2.05, 4.69) is 9.24 Å². The molecule has 104 valence electrons. The molecule has 0 aromatic carbocycles. The number of nitrogens with zero attached hydrogens (tertiary/aromatic N) is 3. The fraction of sp³-hybridized carbons (Fsp3) is 0.375. The van der Waals surface area contributed by atoms with Gasteiger partial charge in [-0.2, -0.15) is 0 Å². The molecule has 1 unspecified atom stereocenters. The molecule has 0 aliphatic rings. The van der Waals surface area contributed by atoms with Crippen LogP contribution in [0.2, 0.25) is 0 Å². The Kier molecular flexibility index (Phi) is 4.38. The van der Waals surface area contributed by atoms with Crippen molar-refractivity contribution in [3.8, 4) is 0 Å². The van der Waals surface area contributed by atoms with E-state index in [1.165, 1.54) is 0 Å². The Hall–Kier alpha value is -2.22. The standard InChI is InChI=1S/C8H10N3O7P/c12-4(13)1-9-6(16)10(2-5(14)15)8(18)11(3-19)7(9)17/h1-3,19H2,(H,12,13)(H,14,15). The van der Waals surface area contributed by atoms with Gasteiger partial charge in [0, 0.05) is 6.29 Å². The molecule has 10 nitrogen and oxygen atoms in total. The van der Waals surface area contributed by atoms with Crippen LogP contribution in [0.3, 0.4) is 0 Å². The molecule has 0 aliphatic carbocycles. The van der Waals surface area contributed by atoms with E-state index in [-0.39, 0.29) is 15.4 Å². The summed E-state index contributed by atoms with van der Waals surface area (Å²) in [5, 5.41) is 17.2. The Balaban J connectivity index is 3.71. The van der Waals surface area contributed by atoms with Gasteiger partial charge in [0.05, 0.1) is 0 Å². The lowest BCUT2D eigenvalue weighted by Crippen LogP contribution is -2.55. The Morgan fingerprint density at radius 2 is 1.16 bits per heavy atom. The molecular weight excluding hydrogens is 281 g/mol. The number of aromatic nitrogens is 3. The number of aliphatic carboxylic acids is 2. The molecule has 2 N–H and O–H groups in total. The van der Waals surface area contributed by atoms with Crippen molar-refractivity contribution in [1.29, 1.82) is 0 Å². The average molecular weight is 291 g/mol. The van der Waals surface area contributed by atoms with Crippen LogP contribution in [0.4, 0.5) is 0 Å². The van der Waals surface area contributed by atoms with E-state index in [4.69, 9.17) is 10.2 Å². The van der Waals surface area contributed by atoms with Crippen molar-refractivity contribution in [2.45, 2.75) is 19.4 Å². The van der Waals surface area contributed by atoms with E-state index >= 15 is 0 Å². The van der Waals surface area contributed by atoms with Crippen LogP contribution in [-0.4, -0.2) is 35.9 Å². The SMILES string of the molecule is O=C(O)Cn1c(=O)n(CP)c(=O)n(CC(=O)O)c1=O. The van der Waals surface area contributed by atoms with Crippen LogP contribution in [0.1, 0.15) is 0 Å². The lowest BCUT2D eigenvalue weighted by Gasteiger charge is -2.10. The number of carboxylic acid groups (broad SMARTS) is 2. The smallest absolute Gasteiger partial charge is 0.337 e. The predicted molar refractivity (Wildman–Crippen MR) is 64.2 cm³/mol. The second-order valence-corrected chi connectivity index (χ2v) is 3.78. The maximum absolute atomic E-state index is 11.7. The molecule has 0 saturated carbocycles. The number of hydrogen-bond acceptors (Lipinski definition) is 5. The van der Waals surface area contributed by atoms with E-state index in [0.29, 0.717) is 4.57 Å². The third-order valence-electron chi connectivity index (χ3n) is 2.15. The van der Waals surface area contributed by atoms with Crippen LogP contribution >= 0.6 is 9.24 Å².